The van der Waals surface area contributed by atoms with E-state index in [9.17, 15) is 0 Å². The molecule has 0 aliphatic heterocycles. The first kappa shape index (κ1) is 25.6. The molecule has 178 valence electrons. The van der Waals surface area contributed by atoms with Gasteiger partial charge in [-0.1, -0.05) is 134 Å². The monoisotopic (exact) mass is 464 g/mol. The summed E-state index contributed by atoms with van der Waals surface area (Å²) < 4.78 is 0. The minimum atomic E-state index is 0.278. The number of benzene rings is 2. The maximum absolute atomic E-state index is 8.55. The number of allylic oxidation sites excluding steroid dienone is 6. The molecule has 3 rings (SSSR count). The lowest BCUT2D eigenvalue weighted by molar-refractivity contribution is 0.190. The molecule has 0 heterocycles. The van der Waals surface area contributed by atoms with Gasteiger partial charge in [0.25, 0.3) is 0 Å². The van der Waals surface area contributed by atoms with Crippen LogP contribution in [0.15, 0.2) is 94.2 Å². The van der Waals surface area contributed by atoms with Crippen LogP contribution in [0.2, 0.25) is 0 Å². The molecule has 0 aromatic heterocycles. The van der Waals surface area contributed by atoms with Crippen LogP contribution in [-0.4, -0.2) is 0 Å². The van der Waals surface area contributed by atoms with Crippen molar-refractivity contribution in [3.05, 3.63) is 116 Å². The molecule has 1 fully saturated rings. The highest BCUT2D eigenvalue weighted by Gasteiger charge is 2.31. The van der Waals surface area contributed by atoms with E-state index in [2.05, 4.69) is 77.3 Å². The molecule has 2 aromatic carbocycles. The Bertz CT molecular complexity index is 1130. The van der Waals surface area contributed by atoms with Gasteiger partial charge < -0.3 is 0 Å². The molecule has 0 spiro atoms. The predicted molar refractivity (Wildman–Crippen MR) is 146 cm³/mol. The molecule has 6 heteroatoms. The van der Waals surface area contributed by atoms with Crippen LogP contribution in [0.25, 0.3) is 33.0 Å². The zero-order chi connectivity index (χ0) is 25.1. The first-order valence-electron chi connectivity index (χ1n) is 12.0. The van der Waals surface area contributed by atoms with Crippen molar-refractivity contribution in [3.8, 4) is 0 Å². The highest BCUT2D eigenvalue weighted by Crippen LogP contribution is 2.44. The van der Waals surface area contributed by atoms with Crippen molar-refractivity contribution in [3.63, 3.8) is 0 Å². The van der Waals surface area contributed by atoms with Gasteiger partial charge in [0.1, 0.15) is 0 Å². The van der Waals surface area contributed by atoms with E-state index in [1.54, 1.807) is 0 Å². The van der Waals surface area contributed by atoms with E-state index in [0.717, 1.165) is 36.8 Å². The highest BCUT2D eigenvalue weighted by molar-refractivity contribution is 5.56. The average molecular weight is 465 g/mol. The Labute approximate surface area is 207 Å². The molecule has 35 heavy (non-hydrogen) atoms. The van der Waals surface area contributed by atoms with Crippen molar-refractivity contribution in [2.24, 2.45) is 21.6 Å². The summed E-state index contributed by atoms with van der Waals surface area (Å²) in [6.45, 7) is 7.03. The third-order valence-electron chi connectivity index (χ3n) is 6.84. The maximum atomic E-state index is 8.55. The lowest BCUT2D eigenvalue weighted by Crippen LogP contribution is -2.27. The summed E-state index contributed by atoms with van der Waals surface area (Å²) in [5.41, 5.74) is 23.7. The van der Waals surface area contributed by atoms with Crippen molar-refractivity contribution in [2.75, 3.05) is 0 Å². The van der Waals surface area contributed by atoms with Crippen LogP contribution in [0.4, 0.5) is 11.4 Å². The maximum Gasteiger partial charge on any atom is 0.0375 e. The Kier molecular flexibility index (Phi) is 9.14. The molecule has 0 amide bonds. The molecule has 1 aliphatic rings. The Hall–Kier alpha value is -3.98. The van der Waals surface area contributed by atoms with Crippen molar-refractivity contribution in [1.29, 1.82) is 0 Å². The molecule has 0 radical (unpaired) electrons. The third kappa shape index (κ3) is 7.79. The molecule has 0 bridgehead atoms. The molecular formula is C29H32N6. The normalized spacial score (nSPS) is 18.7. The van der Waals surface area contributed by atoms with Gasteiger partial charge in [0.05, 0.1) is 0 Å². The van der Waals surface area contributed by atoms with Gasteiger partial charge in [0, 0.05) is 21.2 Å². The number of hydrogen-bond acceptors (Lipinski definition) is 2. The van der Waals surface area contributed by atoms with E-state index in [1.165, 1.54) is 11.1 Å². The van der Waals surface area contributed by atoms with Crippen molar-refractivity contribution in [2.45, 2.75) is 46.5 Å². The molecule has 0 N–H and O–H groups in total. The van der Waals surface area contributed by atoms with Crippen molar-refractivity contribution >= 4 is 23.5 Å². The van der Waals surface area contributed by atoms with Gasteiger partial charge in [-0.05, 0) is 52.8 Å². The lowest BCUT2D eigenvalue weighted by atomic mass is 9.67. The number of rotatable bonds is 8. The number of nitrogens with zero attached hydrogens (tertiary/aromatic N) is 6. The summed E-state index contributed by atoms with van der Waals surface area (Å²) in [7, 11) is 0. The van der Waals surface area contributed by atoms with E-state index >= 15 is 0 Å². The fraction of sp³-hybridized carbons (Fsp3) is 0.310. The quantitative estimate of drug-likeness (QED) is 0.211. The Morgan fingerprint density at radius 2 is 1.23 bits per heavy atom. The van der Waals surface area contributed by atoms with Crippen molar-refractivity contribution < 1.29 is 0 Å². The lowest BCUT2D eigenvalue weighted by Gasteiger charge is -2.38. The fourth-order valence-electron chi connectivity index (χ4n) is 4.23. The summed E-state index contributed by atoms with van der Waals surface area (Å²) in [5, 5.41) is 7.24. The van der Waals surface area contributed by atoms with Gasteiger partial charge in [-0.2, -0.15) is 0 Å². The molecule has 1 saturated carbocycles. The average Bonchev–Trinajstić information content (AvgIpc) is 2.86. The largest absolute Gasteiger partial charge is 0.0658 e. The number of azide groups is 2. The smallest absolute Gasteiger partial charge is 0.0375 e. The summed E-state index contributed by atoms with van der Waals surface area (Å²) in [6, 6.07) is 15.1. The second-order valence-electron chi connectivity index (χ2n) is 9.55. The van der Waals surface area contributed by atoms with Crippen LogP contribution in [0, 0.1) is 11.3 Å². The Balaban J connectivity index is 1.76. The van der Waals surface area contributed by atoms with Gasteiger partial charge in [-0.15, -0.1) is 0 Å². The van der Waals surface area contributed by atoms with E-state index in [-0.39, 0.29) is 5.41 Å². The first-order valence-corrected chi connectivity index (χ1v) is 12.0. The number of hydrogen-bond donors (Lipinski definition) is 0. The summed E-state index contributed by atoms with van der Waals surface area (Å²) in [6.07, 6.45) is 17.3. The molecule has 0 atom stereocenters. The standard InChI is InChI=1S/C29H32N6/c1-4-29(2,3)26-20-24(9-5-7-22-11-15-27(16-12-22)32-34-30)19-25(21-26)10-6-8-23-13-17-28(18-14-23)33-35-31/h5-18,26H,4,19-21H2,1-3H3. The van der Waals surface area contributed by atoms with Crippen LogP contribution in [0.1, 0.15) is 57.6 Å². The van der Waals surface area contributed by atoms with Gasteiger partial charge in [0.15, 0.2) is 0 Å². The van der Waals surface area contributed by atoms with Gasteiger partial charge >= 0.3 is 0 Å². The zero-order valence-corrected chi connectivity index (χ0v) is 20.7. The van der Waals surface area contributed by atoms with Crippen LogP contribution >= 0.6 is 0 Å². The van der Waals surface area contributed by atoms with Crippen LogP contribution < -0.4 is 0 Å². The van der Waals surface area contributed by atoms with Crippen LogP contribution in [-0.2, 0) is 0 Å². The summed E-state index contributed by atoms with van der Waals surface area (Å²) in [5.74, 6) is 0.604. The van der Waals surface area contributed by atoms with E-state index in [4.69, 9.17) is 11.1 Å². The minimum Gasteiger partial charge on any atom is -0.0658 e. The minimum absolute atomic E-state index is 0.278. The molecular weight excluding hydrogens is 432 g/mol. The van der Waals surface area contributed by atoms with Gasteiger partial charge in [-0.3, -0.25) is 0 Å². The Morgan fingerprint density at radius 1 is 0.800 bits per heavy atom. The predicted octanol–water partition coefficient (Wildman–Crippen LogP) is 10.4. The zero-order valence-electron chi connectivity index (χ0n) is 20.7. The second kappa shape index (κ2) is 12.5. The van der Waals surface area contributed by atoms with E-state index in [1.807, 2.05) is 48.5 Å². The fourth-order valence-corrected chi connectivity index (χ4v) is 4.23. The summed E-state index contributed by atoms with van der Waals surface area (Å²) >= 11 is 0. The second-order valence-corrected chi connectivity index (χ2v) is 9.55. The third-order valence-corrected chi connectivity index (χ3v) is 6.84. The SMILES string of the molecule is CCC(C)(C)C1CC(=CC=Cc2ccc(N=[N+]=[N-])cc2)CC(=CC=Cc2ccc(N=[N+]=[N-])cc2)C1. The molecule has 6 nitrogen and oxygen atoms in total. The topological polar surface area (TPSA) is 97.5 Å². The van der Waals surface area contributed by atoms with Crippen LogP contribution in [0.3, 0.4) is 0 Å². The van der Waals surface area contributed by atoms with Crippen molar-refractivity contribution in [1.82, 2.24) is 0 Å². The Morgan fingerprint density at radius 3 is 1.60 bits per heavy atom. The molecule has 0 saturated heterocycles. The van der Waals surface area contributed by atoms with Crippen LogP contribution in [0.5, 0.6) is 0 Å². The van der Waals surface area contributed by atoms with E-state index < -0.39 is 0 Å². The first-order chi connectivity index (χ1) is 16.9. The van der Waals surface area contributed by atoms with Gasteiger partial charge in [0.2, 0.25) is 0 Å². The molecule has 1 aliphatic carbocycles. The molecule has 0 unspecified atom stereocenters. The van der Waals surface area contributed by atoms with Gasteiger partial charge in [-0.25, -0.2) is 0 Å². The molecule has 2 aromatic rings. The summed E-state index contributed by atoms with van der Waals surface area (Å²) in [4.78, 5) is 5.64. The highest BCUT2D eigenvalue weighted by atomic mass is 15.1. The van der Waals surface area contributed by atoms with E-state index in [0.29, 0.717) is 17.3 Å².